The van der Waals surface area contributed by atoms with Crippen molar-refractivity contribution >= 4 is 11.9 Å². The van der Waals surface area contributed by atoms with E-state index in [4.69, 9.17) is 5.26 Å². The summed E-state index contributed by atoms with van der Waals surface area (Å²) in [5.41, 5.74) is 0.318. The average molecular weight is 244 g/mol. The Labute approximate surface area is 104 Å². The summed E-state index contributed by atoms with van der Waals surface area (Å²) < 4.78 is 0. The Balaban J connectivity index is 1.94. The molecule has 0 aliphatic carbocycles. The smallest absolute Gasteiger partial charge is 0.308 e. The zero-order chi connectivity index (χ0) is 12.7. The molecule has 0 spiro atoms. The van der Waals surface area contributed by atoms with E-state index in [1.54, 1.807) is 12.3 Å². The second-order valence-electron chi connectivity index (χ2n) is 4.74. The number of hydrogen-bond donors (Lipinski definition) is 1. The molecule has 18 heavy (non-hydrogen) atoms. The van der Waals surface area contributed by atoms with E-state index in [9.17, 15) is 9.90 Å². The summed E-state index contributed by atoms with van der Waals surface area (Å²) in [6, 6.07) is 3.71. The third-order valence-corrected chi connectivity index (χ3v) is 3.84. The number of aliphatic carboxylic acids is 1. The molecule has 2 aliphatic heterocycles. The average Bonchev–Trinajstić information content (AvgIpc) is 2.96. The highest BCUT2D eigenvalue weighted by Crippen LogP contribution is 2.43. The van der Waals surface area contributed by atoms with Gasteiger partial charge in [-0.2, -0.15) is 5.26 Å². The molecule has 2 fully saturated rings. The van der Waals surface area contributed by atoms with Gasteiger partial charge in [-0.25, -0.2) is 9.97 Å². The van der Waals surface area contributed by atoms with Gasteiger partial charge in [0.25, 0.3) is 0 Å². The fourth-order valence-corrected chi connectivity index (χ4v) is 3.10. The number of anilines is 1. The number of carboxylic acids is 1. The third kappa shape index (κ3) is 1.51. The summed E-state index contributed by atoms with van der Waals surface area (Å²) in [6.45, 7) is 0. The predicted octanol–water partition coefficient (Wildman–Crippen LogP) is 0.790. The highest BCUT2D eigenvalue weighted by Gasteiger charge is 2.50. The number of aromatic nitrogens is 2. The monoisotopic (exact) mass is 244 g/mol. The zero-order valence-corrected chi connectivity index (χ0v) is 9.65. The normalized spacial score (nSPS) is 29.3. The van der Waals surface area contributed by atoms with Crippen LogP contribution in [0.25, 0.3) is 0 Å². The first-order chi connectivity index (χ1) is 8.70. The summed E-state index contributed by atoms with van der Waals surface area (Å²) in [5, 5.41) is 18.0. The van der Waals surface area contributed by atoms with Crippen molar-refractivity contribution in [2.24, 2.45) is 5.92 Å². The SMILES string of the molecule is N#Cc1ccnc(N2C3CCC2C(C(=O)O)C3)n1. The van der Waals surface area contributed by atoms with Gasteiger partial charge in [0, 0.05) is 18.3 Å². The molecule has 2 bridgehead atoms. The maximum Gasteiger partial charge on any atom is 0.308 e. The molecular weight excluding hydrogens is 232 g/mol. The second-order valence-corrected chi connectivity index (χ2v) is 4.74. The number of rotatable bonds is 2. The van der Waals surface area contributed by atoms with Crippen LogP contribution in [0.4, 0.5) is 5.95 Å². The van der Waals surface area contributed by atoms with Crippen LogP contribution < -0.4 is 4.90 Å². The third-order valence-electron chi connectivity index (χ3n) is 3.84. The quantitative estimate of drug-likeness (QED) is 0.827. The van der Waals surface area contributed by atoms with Crippen molar-refractivity contribution in [3.05, 3.63) is 18.0 Å². The molecule has 0 saturated carbocycles. The fraction of sp³-hybridized carbons (Fsp3) is 0.500. The van der Waals surface area contributed by atoms with Crippen LogP contribution in [-0.2, 0) is 4.79 Å². The molecule has 1 N–H and O–H groups in total. The molecule has 3 rings (SSSR count). The molecule has 92 valence electrons. The van der Waals surface area contributed by atoms with E-state index in [1.165, 1.54) is 0 Å². The van der Waals surface area contributed by atoms with E-state index >= 15 is 0 Å². The Bertz CT molecular complexity index is 539. The lowest BCUT2D eigenvalue weighted by Crippen LogP contribution is -2.34. The molecule has 6 nitrogen and oxygen atoms in total. The van der Waals surface area contributed by atoms with Crippen molar-refractivity contribution in [2.75, 3.05) is 4.90 Å². The first-order valence-electron chi connectivity index (χ1n) is 5.95. The van der Waals surface area contributed by atoms with Crippen molar-refractivity contribution in [3.63, 3.8) is 0 Å². The van der Waals surface area contributed by atoms with Gasteiger partial charge < -0.3 is 10.0 Å². The number of nitriles is 1. The topological polar surface area (TPSA) is 90.1 Å². The van der Waals surface area contributed by atoms with Crippen molar-refractivity contribution in [2.45, 2.75) is 31.3 Å². The fourth-order valence-electron chi connectivity index (χ4n) is 3.10. The number of nitrogens with zero attached hydrogens (tertiary/aromatic N) is 4. The van der Waals surface area contributed by atoms with Crippen LogP contribution >= 0.6 is 0 Å². The molecule has 0 radical (unpaired) electrons. The van der Waals surface area contributed by atoms with Crippen LogP contribution in [0.3, 0.4) is 0 Å². The lowest BCUT2D eigenvalue weighted by atomic mass is 9.89. The molecule has 2 aliphatic rings. The van der Waals surface area contributed by atoms with Gasteiger partial charge in [0.05, 0.1) is 5.92 Å². The first-order valence-corrected chi connectivity index (χ1v) is 5.95. The van der Waals surface area contributed by atoms with Crippen LogP contribution in [-0.4, -0.2) is 33.1 Å². The van der Waals surface area contributed by atoms with Gasteiger partial charge >= 0.3 is 5.97 Å². The molecule has 1 aromatic rings. The minimum Gasteiger partial charge on any atom is -0.481 e. The van der Waals surface area contributed by atoms with Gasteiger partial charge in [-0.15, -0.1) is 0 Å². The number of fused-ring (bicyclic) bond motifs is 2. The van der Waals surface area contributed by atoms with Crippen molar-refractivity contribution in [3.8, 4) is 6.07 Å². The van der Waals surface area contributed by atoms with Gasteiger partial charge in [-0.3, -0.25) is 4.79 Å². The van der Waals surface area contributed by atoms with Crippen LogP contribution in [0.1, 0.15) is 25.0 Å². The van der Waals surface area contributed by atoms with Crippen LogP contribution in [0, 0.1) is 17.2 Å². The van der Waals surface area contributed by atoms with Crippen LogP contribution in [0.15, 0.2) is 12.3 Å². The van der Waals surface area contributed by atoms with E-state index in [0.717, 1.165) is 12.8 Å². The van der Waals surface area contributed by atoms with Gasteiger partial charge in [-0.05, 0) is 25.3 Å². The minimum atomic E-state index is -0.747. The summed E-state index contributed by atoms with van der Waals surface area (Å²) in [6.07, 6.45) is 4.05. The Morgan fingerprint density at radius 3 is 3.06 bits per heavy atom. The van der Waals surface area contributed by atoms with Crippen molar-refractivity contribution in [1.82, 2.24) is 9.97 Å². The maximum absolute atomic E-state index is 11.2. The maximum atomic E-state index is 11.2. The summed E-state index contributed by atoms with van der Waals surface area (Å²) in [4.78, 5) is 21.5. The molecule has 3 heterocycles. The van der Waals surface area contributed by atoms with Crippen molar-refractivity contribution < 1.29 is 9.90 Å². The van der Waals surface area contributed by atoms with E-state index in [0.29, 0.717) is 18.1 Å². The second kappa shape index (κ2) is 3.95. The lowest BCUT2D eigenvalue weighted by molar-refractivity contribution is -0.142. The Hall–Kier alpha value is -2.16. The Morgan fingerprint density at radius 2 is 2.39 bits per heavy atom. The van der Waals surface area contributed by atoms with E-state index < -0.39 is 5.97 Å². The van der Waals surface area contributed by atoms with Crippen LogP contribution in [0.5, 0.6) is 0 Å². The van der Waals surface area contributed by atoms with Crippen molar-refractivity contribution in [1.29, 1.82) is 5.26 Å². The largest absolute Gasteiger partial charge is 0.481 e. The van der Waals surface area contributed by atoms with Gasteiger partial charge in [0.15, 0.2) is 0 Å². The van der Waals surface area contributed by atoms with Gasteiger partial charge in [0.2, 0.25) is 5.95 Å². The summed E-state index contributed by atoms with van der Waals surface area (Å²) >= 11 is 0. The minimum absolute atomic E-state index is 0.0264. The Morgan fingerprint density at radius 1 is 1.56 bits per heavy atom. The van der Waals surface area contributed by atoms with Gasteiger partial charge in [-0.1, -0.05) is 0 Å². The molecule has 3 unspecified atom stereocenters. The molecule has 6 heteroatoms. The zero-order valence-electron chi connectivity index (χ0n) is 9.65. The van der Waals surface area contributed by atoms with Gasteiger partial charge in [0.1, 0.15) is 11.8 Å². The summed E-state index contributed by atoms with van der Waals surface area (Å²) in [7, 11) is 0. The van der Waals surface area contributed by atoms with E-state index in [1.807, 2.05) is 11.0 Å². The lowest BCUT2D eigenvalue weighted by Gasteiger charge is -2.22. The highest BCUT2D eigenvalue weighted by atomic mass is 16.4. The van der Waals surface area contributed by atoms with Crippen LogP contribution in [0.2, 0.25) is 0 Å². The molecule has 1 aromatic heterocycles. The first kappa shape index (κ1) is 11.0. The molecule has 3 atom stereocenters. The van der Waals surface area contributed by atoms with E-state index in [-0.39, 0.29) is 18.0 Å². The Kier molecular flexibility index (Phi) is 2.40. The highest BCUT2D eigenvalue weighted by molar-refractivity contribution is 5.73. The number of carbonyl (C=O) groups is 1. The van der Waals surface area contributed by atoms with E-state index in [2.05, 4.69) is 9.97 Å². The summed E-state index contributed by atoms with van der Waals surface area (Å²) in [5.74, 6) is -0.591. The molecular formula is C12H12N4O2. The molecule has 0 amide bonds. The standard InChI is InChI=1S/C12H12N4O2/c13-6-7-3-4-14-12(15-7)16-8-1-2-10(16)9(5-8)11(17)18/h3-4,8-10H,1-2,5H2,(H,17,18). The molecule has 0 aromatic carbocycles. The predicted molar refractivity (Wildman–Crippen MR) is 61.8 cm³/mol. The number of hydrogen-bond acceptors (Lipinski definition) is 5. The molecule has 2 saturated heterocycles. The number of carboxylic acid groups (broad SMARTS) is 1.